The lowest BCUT2D eigenvalue weighted by molar-refractivity contribution is 0.187. The van der Waals surface area contributed by atoms with E-state index < -0.39 is 0 Å². The Hall–Kier alpha value is -0.480. The zero-order chi connectivity index (χ0) is 9.61. The van der Waals surface area contributed by atoms with Crippen molar-refractivity contribution >= 4 is 0 Å². The molecule has 0 bridgehead atoms. The van der Waals surface area contributed by atoms with Crippen LogP contribution in [0, 0.1) is 23.2 Å². The fourth-order valence-electron chi connectivity index (χ4n) is 0.707. The number of hydrogen-bond donors (Lipinski definition) is 0. The van der Waals surface area contributed by atoms with Gasteiger partial charge in [0.25, 0.3) is 0 Å². The Bertz CT molecular complexity index is 166. The van der Waals surface area contributed by atoms with E-state index in [9.17, 15) is 0 Å². The van der Waals surface area contributed by atoms with Crippen LogP contribution < -0.4 is 0 Å². The molecule has 0 aliphatic heterocycles. The molecule has 0 aliphatic carbocycles. The molecule has 0 fully saturated rings. The molecular weight excluding hydrogens is 148 g/mol. The summed E-state index contributed by atoms with van der Waals surface area (Å²) in [5.41, 5.74) is 0.126. The molecule has 1 unspecified atom stereocenters. The Labute approximate surface area is 76.5 Å². The van der Waals surface area contributed by atoms with Crippen molar-refractivity contribution in [1.29, 1.82) is 0 Å². The summed E-state index contributed by atoms with van der Waals surface area (Å²) in [7, 11) is 1.73. The minimum Gasteiger partial charge on any atom is -0.385 e. The predicted octanol–water partition coefficient (Wildman–Crippen LogP) is 2.71. The lowest BCUT2D eigenvalue weighted by atomic mass is 9.96. The predicted molar refractivity (Wildman–Crippen MR) is 52.9 cm³/mol. The van der Waals surface area contributed by atoms with Crippen molar-refractivity contribution in [3.05, 3.63) is 0 Å². The van der Waals surface area contributed by atoms with Gasteiger partial charge in [-0.05, 0) is 27.2 Å². The Morgan fingerprint density at radius 3 is 2.33 bits per heavy atom. The summed E-state index contributed by atoms with van der Waals surface area (Å²) in [6, 6.07) is 0. The van der Waals surface area contributed by atoms with Gasteiger partial charge >= 0.3 is 0 Å². The molecule has 0 rings (SSSR count). The standard InChI is InChI=1S/C11H20O/c1-10(7-9-12-5)6-8-11(2,3)4/h10H,7,9H2,1-5H3. The van der Waals surface area contributed by atoms with Gasteiger partial charge in [0.2, 0.25) is 0 Å². The molecule has 0 spiro atoms. The average Bonchev–Trinajstić information content (AvgIpc) is 1.95. The third-order valence-corrected chi connectivity index (χ3v) is 1.45. The Morgan fingerprint density at radius 2 is 1.92 bits per heavy atom. The van der Waals surface area contributed by atoms with Crippen LogP contribution in [-0.2, 0) is 4.74 Å². The van der Waals surface area contributed by atoms with Crippen LogP contribution in [0.4, 0.5) is 0 Å². The molecule has 0 aromatic rings. The van der Waals surface area contributed by atoms with E-state index in [1.165, 1.54) is 0 Å². The molecule has 0 heterocycles. The second-order valence-corrected chi connectivity index (χ2v) is 4.20. The molecule has 0 saturated heterocycles. The Morgan fingerprint density at radius 1 is 1.33 bits per heavy atom. The molecule has 1 atom stereocenters. The van der Waals surface area contributed by atoms with Crippen LogP contribution in [0.25, 0.3) is 0 Å². The zero-order valence-corrected chi connectivity index (χ0v) is 8.90. The Balaban J connectivity index is 3.79. The number of rotatable bonds is 3. The molecule has 0 saturated carbocycles. The average molecular weight is 168 g/mol. The fourth-order valence-corrected chi connectivity index (χ4v) is 0.707. The first-order valence-corrected chi connectivity index (χ1v) is 4.47. The van der Waals surface area contributed by atoms with E-state index >= 15 is 0 Å². The first kappa shape index (κ1) is 11.5. The molecular formula is C11H20O. The van der Waals surface area contributed by atoms with Gasteiger partial charge in [0, 0.05) is 25.0 Å². The smallest absolute Gasteiger partial charge is 0.0473 e. The van der Waals surface area contributed by atoms with Crippen LogP contribution in [-0.4, -0.2) is 13.7 Å². The highest BCUT2D eigenvalue weighted by Crippen LogP contribution is 2.11. The largest absolute Gasteiger partial charge is 0.385 e. The molecule has 1 heteroatoms. The van der Waals surface area contributed by atoms with Gasteiger partial charge in [-0.3, -0.25) is 0 Å². The van der Waals surface area contributed by atoms with Crippen molar-refractivity contribution in [1.82, 2.24) is 0 Å². The monoisotopic (exact) mass is 168 g/mol. The topological polar surface area (TPSA) is 9.23 Å². The first-order chi connectivity index (χ1) is 5.45. The highest BCUT2D eigenvalue weighted by atomic mass is 16.5. The maximum absolute atomic E-state index is 4.98. The summed E-state index contributed by atoms with van der Waals surface area (Å²) < 4.78 is 4.98. The van der Waals surface area contributed by atoms with Crippen molar-refractivity contribution in [3.8, 4) is 11.8 Å². The lowest BCUT2D eigenvalue weighted by Gasteiger charge is -2.08. The van der Waals surface area contributed by atoms with Crippen molar-refractivity contribution in [2.75, 3.05) is 13.7 Å². The summed E-state index contributed by atoms with van der Waals surface area (Å²) in [5, 5.41) is 0. The van der Waals surface area contributed by atoms with Gasteiger partial charge in [-0.25, -0.2) is 0 Å². The summed E-state index contributed by atoms with van der Waals surface area (Å²) in [5.74, 6) is 6.90. The maximum atomic E-state index is 4.98. The summed E-state index contributed by atoms with van der Waals surface area (Å²) in [4.78, 5) is 0. The fraction of sp³-hybridized carbons (Fsp3) is 0.818. The van der Waals surface area contributed by atoms with Crippen molar-refractivity contribution in [2.24, 2.45) is 11.3 Å². The van der Waals surface area contributed by atoms with Gasteiger partial charge in [-0.2, -0.15) is 0 Å². The van der Waals surface area contributed by atoms with E-state index in [1.807, 2.05) is 0 Å². The zero-order valence-electron chi connectivity index (χ0n) is 8.90. The molecule has 0 aromatic heterocycles. The van der Waals surface area contributed by atoms with Crippen molar-refractivity contribution in [3.63, 3.8) is 0 Å². The Kier molecular flexibility index (Phi) is 5.01. The molecule has 0 N–H and O–H groups in total. The molecule has 0 amide bonds. The second kappa shape index (κ2) is 5.22. The van der Waals surface area contributed by atoms with Crippen molar-refractivity contribution < 1.29 is 4.74 Å². The molecule has 0 aromatic carbocycles. The minimum absolute atomic E-state index is 0.126. The van der Waals surface area contributed by atoms with Crippen LogP contribution in [0.1, 0.15) is 34.1 Å². The number of methoxy groups -OCH3 is 1. The van der Waals surface area contributed by atoms with E-state index in [1.54, 1.807) is 7.11 Å². The summed E-state index contributed by atoms with van der Waals surface area (Å²) >= 11 is 0. The van der Waals surface area contributed by atoms with E-state index in [-0.39, 0.29) is 5.41 Å². The second-order valence-electron chi connectivity index (χ2n) is 4.20. The van der Waals surface area contributed by atoms with Gasteiger partial charge in [0.15, 0.2) is 0 Å². The normalized spacial score (nSPS) is 13.4. The van der Waals surface area contributed by atoms with Crippen LogP contribution in [0.5, 0.6) is 0 Å². The maximum Gasteiger partial charge on any atom is 0.0473 e. The van der Waals surface area contributed by atoms with Gasteiger partial charge in [0.05, 0.1) is 0 Å². The van der Waals surface area contributed by atoms with E-state index in [0.29, 0.717) is 5.92 Å². The lowest BCUT2D eigenvalue weighted by Crippen LogP contribution is -2.02. The number of ether oxygens (including phenoxy) is 1. The van der Waals surface area contributed by atoms with Crippen LogP contribution in [0.2, 0.25) is 0 Å². The first-order valence-electron chi connectivity index (χ1n) is 4.47. The third-order valence-electron chi connectivity index (χ3n) is 1.45. The quantitative estimate of drug-likeness (QED) is 0.589. The molecule has 70 valence electrons. The summed E-state index contributed by atoms with van der Waals surface area (Å²) in [6.07, 6.45) is 1.03. The van der Waals surface area contributed by atoms with E-state index in [0.717, 1.165) is 13.0 Å². The van der Waals surface area contributed by atoms with Crippen LogP contribution >= 0.6 is 0 Å². The minimum atomic E-state index is 0.126. The third kappa shape index (κ3) is 7.63. The summed E-state index contributed by atoms with van der Waals surface area (Å²) in [6.45, 7) is 9.33. The van der Waals surface area contributed by atoms with Gasteiger partial charge in [-0.1, -0.05) is 18.8 Å². The van der Waals surface area contributed by atoms with E-state index in [2.05, 4.69) is 39.5 Å². The van der Waals surface area contributed by atoms with Crippen LogP contribution in [0.15, 0.2) is 0 Å². The SMILES string of the molecule is COCCC(C)C#CC(C)(C)C. The highest BCUT2D eigenvalue weighted by molar-refractivity contribution is 5.09. The van der Waals surface area contributed by atoms with Gasteiger partial charge < -0.3 is 4.74 Å². The highest BCUT2D eigenvalue weighted by Gasteiger charge is 2.04. The van der Waals surface area contributed by atoms with Crippen LogP contribution in [0.3, 0.4) is 0 Å². The van der Waals surface area contributed by atoms with Crippen molar-refractivity contribution in [2.45, 2.75) is 34.1 Å². The van der Waals surface area contributed by atoms with Gasteiger partial charge in [-0.15, -0.1) is 0 Å². The molecule has 1 nitrogen and oxygen atoms in total. The van der Waals surface area contributed by atoms with Gasteiger partial charge in [0.1, 0.15) is 0 Å². The molecule has 0 radical (unpaired) electrons. The molecule has 0 aliphatic rings. The molecule has 12 heavy (non-hydrogen) atoms. The number of hydrogen-bond acceptors (Lipinski definition) is 1. The van der Waals surface area contributed by atoms with E-state index in [4.69, 9.17) is 4.74 Å².